The van der Waals surface area contributed by atoms with Crippen LogP contribution in [0, 0.1) is 27.2 Å². The number of hydrogen-bond donors (Lipinski definition) is 8. The van der Waals surface area contributed by atoms with Crippen LogP contribution in [0.2, 0.25) is 0 Å². The molecule has 0 spiro atoms. The van der Waals surface area contributed by atoms with Crippen LogP contribution in [0.25, 0.3) is 54.3 Å². The number of fused-ring (bicyclic) bond motifs is 9. The smallest absolute Gasteiger partial charge is 0.352 e. The van der Waals surface area contributed by atoms with Gasteiger partial charge in [0.05, 0.1) is 70.2 Å². The second-order valence-electron chi connectivity index (χ2n) is 20.2. The highest BCUT2D eigenvalue weighted by Crippen LogP contribution is 2.47. The van der Waals surface area contributed by atoms with Gasteiger partial charge in [-0.3, -0.25) is 25.0 Å². The highest BCUT2D eigenvalue weighted by atomic mass is 35.5. The van der Waals surface area contributed by atoms with Gasteiger partial charge in [0.1, 0.15) is 47.8 Å². The van der Waals surface area contributed by atoms with E-state index in [0.717, 1.165) is 103 Å². The van der Waals surface area contributed by atoms with Crippen LogP contribution in [0.5, 0.6) is 17.2 Å². The van der Waals surface area contributed by atoms with E-state index in [9.17, 15) is 39.4 Å². The fourth-order valence-corrected chi connectivity index (χ4v) is 11.8. The fourth-order valence-electron chi connectivity index (χ4n) is 10.5. The molecule has 2 unspecified atom stereocenters. The third kappa shape index (κ3) is 15.8. The number of rotatable bonds is 23. The van der Waals surface area contributed by atoms with Crippen molar-refractivity contribution in [2.75, 3.05) is 61.5 Å². The number of nitrogens with one attached hydrogen (secondary N) is 4. The van der Waals surface area contributed by atoms with Crippen molar-refractivity contribution in [2.24, 2.45) is 11.8 Å². The van der Waals surface area contributed by atoms with E-state index >= 15 is 0 Å². The SMILES string of the molecule is Cc1cc2cc(OCCO)ccc2[nH]1.NOOSc1ccc2c3c(cc([N+](=O)[O-])c2c1)N(C(=O)c1cc2cc(OCCC=O)ccc2[nH]1)CC3CCl.NOOSc1ccc2c3c(cc([N+](=O)[O-])c2c1)NCC3CCl.O=CCCOc1ccc2[nH]c(C(=O)O)cc2c1. The van der Waals surface area contributed by atoms with Crippen LogP contribution in [0.3, 0.4) is 0 Å². The zero-order valence-corrected chi connectivity index (χ0v) is 51.2. The summed E-state index contributed by atoms with van der Waals surface area (Å²) in [6.45, 7) is 3.94. The van der Waals surface area contributed by atoms with Gasteiger partial charge in [-0.05, 0) is 126 Å². The summed E-state index contributed by atoms with van der Waals surface area (Å²) in [5.41, 5.74) is 7.05. The number of hydrogen-bond acceptors (Lipinski definition) is 21. The standard InChI is InChI=1S/C25H21ClN4O7S.C13H12ClN3O4S.C12H11NO4.C11H13NO2/c26-12-15-13-29(25(32)21-9-14-8-16(35-7-1-6-31)2-5-20(14)28-21)23-11-22(30(33)34)19-10-17(38-37-36-27)3-4-18(19)24(15)23;14-5-7-6-16-11-4-12(17(18)19)10-3-8(22-21-20-15)1-2-9(10)13(7)11;14-4-1-5-17-9-2-3-10-8(6-9)7-11(13-10)12(15)16;1-8-6-9-7-10(14-5-4-13)2-3-11(9)12-8/h2-6,8-11,15,28H,1,7,12-13,27H2;1-4,7,16H,5-6,15H2;2-4,6-7,13H,1,5H2,(H,15,16);2-3,6-7,12-13H,4-5H2,1H3. The van der Waals surface area contributed by atoms with Gasteiger partial charge < -0.3 is 59.2 Å². The van der Waals surface area contributed by atoms with E-state index in [1.807, 2.05) is 31.2 Å². The maximum absolute atomic E-state index is 13.7. The molecular formula is C61H57Cl2N9O17S2. The molecule has 12 rings (SSSR count). The molecule has 7 aromatic carbocycles. The Bertz CT molecular complexity index is 4320. The first-order valence-electron chi connectivity index (χ1n) is 27.6. The summed E-state index contributed by atoms with van der Waals surface area (Å²) in [5.74, 6) is 10.9. The van der Waals surface area contributed by atoms with Crippen molar-refractivity contribution in [1.29, 1.82) is 0 Å². The number of alkyl halides is 2. The highest BCUT2D eigenvalue weighted by molar-refractivity contribution is 7.94. The number of halogens is 2. The minimum absolute atomic E-state index is 0.0348. The Hall–Kier alpha value is -9.04. The van der Waals surface area contributed by atoms with Crippen molar-refractivity contribution >= 4 is 149 Å². The largest absolute Gasteiger partial charge is 0.493 e. The number of nitro benzene ring substituents is 2. The second kappa shape index (κ2) is 31.1. The van der Waals surface area contributed by atoms with Crippen molar-refractivity contribution < 1.29 is 72.1 Å². The highest BCUT2D eigenvalue weighted by Gasteiger charge is 2.37. The molecule has 0 fully saturated rings. The van der Waals surface area contributed by atoms with Crippen molar-refractivity contribution in [3.8, 4) is 17.2 Å². The van der Waals surface area contributed by atoms with Crippen LogP contribution in [-0.4, -0.2) is 111 Å². The number of aromatic nitrogens is 3. The third-order valence-corrected chi connectivity index (χ3v) is 16.3. The predicted octanol–water partition coefficient (Wildman–Crippen LogP) is 12.0. The zero-order chi connectivity index (χ0) is 64.7. The molecular weight excluding hydrogens is 1270 g/mol. The number of non-ortho nitro benzene ring substituents is 2. The maximum atomic E-state index is 13.7. The predicted molar refractivity (Wildman–Crippen MR) is 344 cm³/mol. The van der Waals surface area contributed by atoms with Crippen LogP contribution in [0.4, 0.5) is 22.7 Å². The van der Waals surface area contributed by atoms with Crippen molar-refractivity contribution in [2.45, 2.75) is 41.4 Å². The number of aryl methyl sites for hydroxylation is 1. The van der Waals surface area contributed by atoms with Gasteiger partial charge in [-0.25, -0.2) is 4.79 Å². The molecule has 2 aliphatic heterocycles. The summed E-state index contributed by atoms with van der Waals surface area (Å²) >= 11 is 14.0. The van der Waals surface area contributed by atoms with Crippen LogP contribution < -0.4 is 36.2 Å². The number of H-pyrrole nitrogens is 3. The van der Waals surface area contributed by atoms with Crippen molar-refractivity contribution in [3.63, 3.8) is 0 Å². The van der Waals surface area contributed by atoms with E-state index in [1.54, 1.807) is 84.9 Å². The Kier molecular flexibility index (Phi) is 22.7. The molecule has 26 nitrogen and oxygen atoms in total. The Labute approximate surface area is 534 Å². The molecule has 0 radical (unpaired) electrons. The van der Waals surface area contributed by atoms with Gasteiger partial charge >= 0.3 is 5.97 Å². The molecule has 10 N–H and O–H groups in total. The Balaban J connectivity index is 0.000000156. The zero-order valence-electron chi connectivity index (χ0n) is 48.0. The lowest BCUT2D eigenvalue weighted by molar-refractivity contribution is -0.383. The van der Waals surface area contributed by atoms with Crippen LogP contribution in [0.1, 0.15) is 62.5 Å². The summed E-state index contributed by atoms with van der Waals surface area (Å²) in [6.07, 6.45) is 2.19. The number of nitrogens with two attached hydrogens (primary N) is 2. The lowest BCUT2D eigenvalue weighted by Gasteiger charge is -2.17. The number of aromatic amines is 3. The number of aliphatic hydroxyl groups is 1. The molecule has 0 saturated heterocycles. The summed E-state index contributed by atoms with van der Waals surface area (Å²) in [7, 11) is 0. The molecule has 5 heterocycles. The van der Waals surface area contributed by atoms with E-state index in [4.69, 9.17) is 59.4 Å². The van der Waals surface area contributed by atoms with Crippen molar-refractivity contribution in [3.05, 3.63) is 170 Å². The molecule has 91 heavy (non-hydrogen) atoms. The normalized spacial score (nSPS) is 13.7. The summed E-state index contributed by atoms with van der Waals surface area (Å²) in [5, 5.41) is 49.0. The van der Waals surface area contributed by atoms with Crippen LogP contribution in [0.15, 0.2) is 131 Å². The number of nitrogens with zero attached hydrogens (tertiary/aromatic N) is 3. The number of nitro groups is 2. The first-order valence-corrected chi connectivity index (χ1v) is 30.2. The number of carboxylic acids is 1. The van der Waals surface area contributed by atoms with E-state index in [0.29, 0.717) is 80.9 Å². The van der Waals surface area contributed by atoms with E-state index in [-0.39, 0.29) is 66.9 Å². The average molecular weight is 1320 g/mol. The first-order chi connectivity index (χ1) is 44.1. The molecule has 2 atom stereocenters. The minimum Gasteiger partial charge on any atom is -0.493 e. The van der Waals surface area contributed by atoms with Gasteiger partial charge in [0.15, 0.2) is 0 Å². The molecule has 10 aromatic rings. The molecule has 474 valence electrons. The van der Waals surface area contributed by atoms with E-state index in [2.05, 4.69) is 45.0 Å². The van der Waals surface area contributed by atoms with Gasteiger partial charge in [0.25, 0.3) is 17.3 Å². The topological polar surface area (TPSA) is 374 Å². The summed E-state index contributed by atoms with van der Waals surface area (Å²) in [4.78, 5) is 87.7. The van der Waals surface area contributed by atoms with Crippen LogP contribution >= 0.6 is 47.3 Å². The molecule has 0 bridgehead atoms. The fraction of sp³-hybridized carbons (Fsp3) is 0.213. The van der Waals surface area contributed by atoms with Gasteiger partial charge in [0, 0.05) is 116 Å². The number of anilines is 2. The van der Waals surface area contributed by atoms with E-state index in [1.165, 1.54) is 11.0 Å². The molecule has 0 aliphatic carbocycles. The molecule has 1 amide bonds. The summed E-state index contributed by atoms with van der Waals surface area (Å²) < 4.78 is 25.5. The molecule has 2 aliphatic rings. The average Bonchev–Trinajstić information content (AvgIpc) is 1.67. The van der Waals surface area contributed by atoms with Gasteiger partial charge in [0.2, 0.25) is 0 Å². The number of carboxylic acid groups (broad SMARTS) is 1. The monoisotopic (exact) mass is 1320 g/mol. The number of aldehydes is 2. The number of aliphatic hydroxyl groups excluding tert-OH is 1. The first kappa shape index (κ1) is 66.4. The lowest BCUT2D eigenvalue weighted by Crippen LogP contribution is -2.30. The van der Waals surface area contributed by atoms with E-state index < -0.39 is 15.8 Å². The Morgan fingerprint density at radius 1 is 0.637 bits per heavy atom. The van der Waals surface area contributed by atoms with Gasteiger partial charge in [-0.15, -0.1) is 41.8 Å². The molecule has 0 saturated carbocycles. The molecule has 30 heteroatoms. The van der Waals surface area contributed by atoms with Crippen molar-refractivity contribution in [1.82, 2.24) is 15.0 Å². The third-order valence-electron chi connectivity index (χ3n) is 14.4. The number of aromatic carboxylic acids is 1. The number of amides is 1. The lowest BCUT2D eigenvalue weighted by atomic mass is 9.95. The number of carbonyl (C=O) groups is 4. The number of benzene rings is 7. The van der Waals surface area contributed by atoms with Gasteiger partial charge in [-0.2, -0.15) is 11.8 Å². The minimum atomic E-state index is -0.996. The van der Waals surface area contributed by atoms with Crippen LogP contribution in [-0.2, 0) is 28.2 Å². The quantitative estimate of drug-likeness (QED) is 0.00561. The number of ether oxygens (including phenoxy) is 3. The second-order valence-corrected chi connectivity index (χ2v) is 22.3. The number of carbonyl (C=O) groups excluding carboxylic acids is 3. The van der Waals surface area contributed by atoms with Gasteiger partial charge in [-0.1, -0.05) is 12.1 Å². The molecule has 3 aromatic heterocycles. The maximum Gasteiger partial charge on any atom is 0.352 e. The Morgan fingerprint density at radius 3 is 1.64 bits per heavy atom. The Morgan fingerprint density at radius 2 is 1.13 bits per heavy atom. The summed E-state index contributed by atoms with van der Waals surface area (Å²) in [6, 6.07) is 35.0.